The Hall–Kier alpha value is -3.23. The topological polar surface area (TPSA) is 75.6 Å². The molecule has 1 aromatic carbocycles. The van der Waals surface area contributed by atoms with Crippen LogP contribution < -0.4 is 15.1 Å². The molecule has 1 N–H and O–H groups in total. The Balaban J connectivity index is 1.26. The quantitative estimate of drug-likeness (QED) is 0.678. The third kappa shape index (κ3) is 4.76. The van der Waals surface area contributed by atoms with Gasteiger partial charge in [-0.3, -0.25) is 0 Å². The SMILES string of the molecule is c1cc(Nc2ccc(N3CCOCC3)cc2)nc(-c2ccc(N3CCOCC3)nc2)n1. The predicted molar refractivity (Wildman–Crippen MR) is 121 cm³/mol. The summed E-state index contributed by atoms with van der Waals surface area (Å²) < 4.78 is 10.8. The fourth-order valence-corrected chi connectivity index (χ4v) is 3.79. The van der Waals surface area contributed by atoms with Crippen molar-refractivity contribution < 1.29 is 9.47 Å². The number of anilines is 4. The number of hydrogen-bond donors (Lipinski definition) is 1. The average molecular weight is 419 g/mol. The lowest BCUT2D eigenvalue weighted by Crippen LogP contribution is -2.36. The summed E-state index contributed by atoms with van der Waals surface area (Å²) in [5.41, 5.74) is 3.09. The van der Waals surface area contributed by atoms with Crippen LogP contribution in [-0.2, 0) is 9.47 Å². The molecule has 0 atom stereocenters. The first kappa shape index (κ1) is 19.7. The molecule has 0 unspecified atom stereocenters. The molecule has 0 amide bonds. The lowest BCUT2D eigenvalue weighted by atomic mass is 10.2. The maximum absolute atomic E-state index is 5.43. The first-order chi connectivity index (χ1) is 15.3. The van der Waals surface area contributed by atoms with Crippen molar-refractivity contribution in [3.8, 4) is 11.4 Å². The molecule has 31 heavy (non-hydrogen) atoms. The van der Waals surface area contributed by atoms with Crippen LogP contribution in [0.4, 0.5) is 23.0 Å². The molecule has 0 spiro atoms. The maximum Gasteiger partial charge on any atom is 0.163 e. The summed E-state index contributed by atoms with van der Waals surface area (Å²) >= 11 is 0. The summed E-state index contributed by atoms with van der Waals surface area (Å²) in [6.07, 6.45) is 3.60. The lowest BCUT2D eigenvalue weighted by Gasteiger charge is -2.28. The van der Waals surface area contributed by atoms with Gasteiger partial charge in [0.25, 0.3) is 0 Å². The van der Waals surface area contributed by atoms with Crippen LogP contribution in [0.2, 0.25) is 0 Å². The number of benzene rings is 1. The van der Waals surface area contributed by atoms with Crippen LogP contribution in [0.25, 0.3) is 11.4 Å². The Morgan fingerprint density at radius 1 is 0.742 bits per heavy atom. The zero-order valence-electron chi connectivity index (χ0n) is 17.4. The van der Waals surface area contributed by atoms with E-state index in [1.807, 2.05) is 24.4 Å². The van der Waals surface area contributed by atoms with E-state index >= 15 is 0 Å². The highest BCUT2D eigenvalue weighted by Gasteiger charge is 2.13. The Labute approximate surface area is 181 Å². The summed E-state index contributed by atoms with van der Waals surface area (Å²) in [6, 6.07) is 14.3. The van der Waals surface area contributed by atoms with Gasteiger partial charge in [0.15, 0.2) is 5.82 Å². The van der Waals surface area contributed by atoms with E-state index in [4.69, 9.17) is 9.47 Å². The van der Waals surface area contributed by atoms with Gasteiger partial charge in [-0.05, 0) is 42.5 Å². The van der Waals surface area contributed by atoms with Gasteiger partial charge in [0, 0.05) is 55.5 Å². The van der Waals surface area contributed by atoms with Crippen molar-refractivity contribution in [1.82, 2.24) is 15.0 Å². The van der Waals surface area contributed by atoms with Crippen molar-refractivity contribution in [3.05, 3.63) is 54.9 Å². The number of ether oxygens (including phenoxy) is 2. The second-order valence-electron chi connectivity index (χ2n) is 7.54. The van der Waals surface area contributed by atoms with Gasteiger partial charge in [-0.25, -0.2) is 15.0 Å². The zero-order valence-corrected chi connectivity index (χ0v) is 17.4. The van der Waals surface area contributed by atoms with E-state index < -0.39 is 0 Å². The van der Waals surface area contributed by atoms with Crippen LogP contribution in [0.15, 0.2) is 54.9 Å². The van der Waals surface area contributed by atoms with E-state index in [0.29, 0.717) is 5.82 Å². The number of morpholine rings is 2. The first-order valence-corrected chi connectivity index (χ1v) is 10.7. The molecule has 2 saturated heterocycles. The standard InChI is InChI=1S/C23H26N6O2/c1-6-22(29-11-15-31-16-12-29)25-17-18(1)23-24-8-7-21(27-23)26-19-2-4-20(5-3-19)28-9-13-30-14-10-28/h1-8,17H,9-16H2,(H,24,26,27). The molecule has 2 fully saturated rings. The van der Waals surface area contributed by atoms with Crippen molar-refractivity contribution in [2.75, 3.05) is 67.7 Å². The van der Waals surface area contributed by atoms with Crippen molar-refractivity contribution in [1.29, 1.82) is 0 Å². The van der Waals surface area contributed by atoms with Crippen LogP contribution in [0.3, 0.4) is 0 Å². The highest BCUT2D eigenvalue weighted by atomic mass is 16.5. The van der Waals surface area contributed by atoms with E-state index in [2.05, 4.69) is 54.3 Å². The molecule has 0 radical (unpaired) electrons. The first-order valence-electron chi connectivity index (χ1n) is 10.7. The zero-order chi connectivity index (χ0) is 20.9. The highest BCUT2D eigenvalue weighted by molar-refractivity contribution is 5.63. The van der Waals surface area contributed by atoms with Crippen LogP contribution in [0, 0.1) is 0 Å². The number of nitrogens with zero attached hydrogens (tertiary/aromatic N) is 5. The molecule has 160 valence electrons. The van der Waals surface area contributed by atoms with E-state index in [-0.39, 0.29) is 0 Å². The molecule has 2 aromatic heterocycles. The minimum atomic E-state index is 0.649. The predicted octanol–water partition coefficient (Wildman–Crippen LogP) is 2.96. The highest BCUT2D eigenvalue weighted by Crippen LogP contribution is 2.23. The van der Waals surface area contributed by atoms with Crippen molar-refractivity contribution in [2.45, 2.75) is 0 Å². The molecular weight excluding hydrogens is 392 g/mol. The minimum absolute atomic E-state index is 0.649. The van der Waals surface area contributed by atoms with Crippen molar-refractivity contribution >= 4 is 23.0 Å². The second-order valence-corrected chi connectivity index (χ2v) is 7.54. The molecule has 4 heterocycles. The summed E-state index contributed by atoms with van der Waals surface area (Å²) in [4.78, 5) is 18.3. The average Bonchev–Trinajstić information content (AvgIpc) is 2.86. The van der Waals surface area contributed by atoms with Gasteiger partial charge in [0.05, 0.1) is 26.4 Å². The van der Waals surface area contributed by atoms with Crippen LogP contribution >= 0.6 is 0 Å². The van der Waals surface area contributed by atoms with E-state index in [9.17, 15) is 0 Å². The number of hydrogen-bond acceptors (Lipinski definition) is 8. The maximum atomic E-state index is 5.43. The van der Waals surface area contributed by atoms with E-state index in [1.54, 1.807) is 6.20 Å². The molecule has 5 rings (SSSR count). The van der Waals surface area contributed by atoms with Gasteiger partial charge >= 0.3 is 0 Å². The fourth-order valence-electron chi connectivity index (χ4n) is 3.79. The molecule has 0 bridgehead atoms. The molecule has 2 aliphatic rings. The van der Waals surface area contributed by atoms with Crippen LogP contribution in [0.5, 0.6) is 0 Å². The fraction of sp³-hybridized carbons (Fsp3) is 0.348. The van der Waals surface area contributed by atoms with Gasteiger partial charge in [0.2, 0.25) is 0 Å². The molecule has 0 aliphatic carbocycles. The second kappa shape index (κ2) is 9.28. The largest absolute Gasteiger partial charge is 0.378 e. The van der Waals surface area contributed by atoms with Gasteiger partial charge in [-0.1, -0.05) is 0 Å². The number of rotatable bonds is 5. The lowest BCUT2D eigenvalue weighted by molar-refractivity contribution is 0.122. The molecule has 2 aliphatic heterocycles. The van der Waals surface area contributed by atoms with Gasteiger partial charge < -0.3 is 24.6 Å². The van der Waals surface area contributed by atoms with E-state index in [0.717, 1.165) is 75.5 Å². The Bertz CT molecular complexity index is 984. The Morgan fingerprint density at radius 3 is 2.13 bits per heavy atom. The number of aromatic nitrogens is 3. The summed E-state index contributed by atoms with van der Waals surface area (Å²) in [7, 11) is 0. The smallest absolute Gasteiger partial charge is 0.163 e. The van der Waals surface area contributed by atoms with Crippen molar-refractivity contribution in [2.24, 2.45) is 0 Å². The Kier molecular flexibility index (Phi) is 5.90. The third-order valence-corrected chi connectivity index (χ3v) is 5.51. The molecule has 3 aromatic rings. The summed E-state index contributed by atoms with van der Waals surface area (Å²) in [5.74, 6) is 2.36. The molecule has 0 saturated carbocycles. The van der Waals surface area contributed by atoms with Gasteiger partial charge in [-0.15, -0.1) is 0 Å². The monoisotopic (exact) mass is 418 g/mol. The van der Waals surface area contributed by atoms with E-state index in [1.165, 1.54) is 5.69 Å². The number of nitrogens with one attached hydrogen (secondary N) is 1. The van der Waals surface area contributed by atoms with Crippen LogP contribution in [0.1, 0.15) is 0 Å². The number of pyridine rings is 1. The van der Waals surface area contributed by atoms with Gasteiger partial charge in [0.1, 0.15) is 11.6 Å². The molecule has 8 nitrogen and oxygen atoms in total. The third-order valence-electron chi connectivity index (χ3n) is 5.51. The normalized spacial score (nSPS) is 16.9. The Morgan fingerprint density at radius 2 is 1.45 bits per heavy atom. The molecular formula is C23H26N6O2. The summed E-state index contributed by atoms with van der Waals surface area (Å²) in [5, 5.41) is 3.37. The van der Waals surface area contributed by atoms with Crippen LogP contribution in [-0.4, -0.2) is 67.6 Å². The minimum Gasteiger partial charge on any atom is -0.378 e. The molecule has 8 heteroatoms. The van der Waals surface area contributed by atoms with Gasteiger partial charge in [-0.2, -0.15) is 0 Å². The summed E-state index contributed by atoms with van der Waals surface area (Å²) in [6.45, 7) is 6.65. The van der Waals surface area contributed by atoms with Crippen molar-refractivity contribution in [3.63, 3.8) is 0 Å².